The second-order valence-electron chi connectivity index (χ2n) is 6.19. The summed E-state index contributed by atoms with van der Waals surface area (Å²) in [6.07, 6.45) is 3.11. The molecule has 0 fully saturated rings. The average molecular weight is 361 g/mol. The van der Waals surface area contributed by atoms with Gasteiger partial charge in [0.05, 0.1) is 11.4 Å². The molecule has 25 heavy (non-hydrogen) atoms. The maximum atomic E-state index is 12.1. The zero-order chi connectivity index (χ0) is 18.0. The molecule has 134 valence electrons. The molecule has 2 aromatic carbocycles. The van der Waals surface area contributed by atoms with E-state index in [2.05, 4.69) is 6.92 Å². The standard InChI is InChI=1S/C19H23NO4S/c1-3-5-9-14-10-8-13-17-19(14)20(18(4-2)25(21,22)23)15-11-6-7-12-16(15)24-17/h6-8,10-13,18H,3-5,9H2,1-2H3,(H,21,22,23). The Hall–Kier alpha value is -2.05. The molecule has 1 heterocycles. The number of benzene rings is 2. The molecule has 1 unspecified atom stereocenters. The Balaban J connectivity index is 2.22. The monoisotopic (exact) mass is 361 g/mol. The highest BCUT2D eigenvalue weighted by atomic mass is 32.2. The summed E-state index contributed by atoms with van der Waals surface area (Å²) >= 11 is 0. The zero-order valence-electron chi connectivity index (χ0n) is 14.5. The summed E-state index contributed by atoms with van der Waals surface area (Å²) in [6.45, 7) is 3.87. The van der Waals surface area contributed by atoms with Gasteiger partial charge in [0, 0.05) is 0 Å². The van der Waals surface area contributed by atoms with E-state index in [1.807, 2.05) is 36.4 Å². The van der Waals surface area contributed by atoms with Crippen molar-refractivity contribution in [3.05, 3.63) is 48.0 Å². The molecule has 0 radical (unpaired) electrons. The third-order valence-electron chi connectivity index (χ3n) is 4.45. The van der Waals surface area contributed by atoms with Crippen LogP contribution in [-0.2, 0) is 16.5 Å². The van der Waals surface area contributed by atoms with Gasteiger partial charge in [0.15, 0.2) is 16.9 Å². The molecule has 0 saturated carbocycles. The van der Waals surface area contributed by atoms with Crippen LogP contribution in [0.4, 0.5) is 11.4 Å². The lowest BCUT2D eigenvalue weighted by Crippen LogP contribution is -2.39. The van der Waals surface area contributed by atoms with E-state index in [-0.39, 0.29) is 6.42 Å². The van der Waals surface area contributed by atoms with Crippen molar-refractivity contribution >= 4 is 21.5 Å². The SMILES string of the molecule is CCCCc1cccc2c1N(C(CC)S(=O)(=O)O)c1ccccc1O2. The number of fused-ring (bicyclic) bond motifs is 2. The third kappa shape index (κ3) is 3.37. The molecule has 0 aliphatic carbocycles. The Morgan fingerprint density at radius 1 is 1.08 bits per heavy atom. The van der Waals surface area contributed by atoms with E-state index < -0.39 is 15.5 Å². The fraction of sp³-hybridized carbons (Fsp3) is 0.368. The van der Waals surface area contributed by atoms with E-state index >= 15 is 0 Å². The lowest BCUT2D eigenvalue weighted by Gasteiger charge is -2.38. The first-order valence-electron chi connectivity index (χ1n) is 8.61. The van der Waals surface area contributed by atoms with Gasteiger partial charge in [-0.1, -0.05) is 44.5 Å². The van der Waals surface area contributed by atoms with E-state index in [1.54, 1.807) is 17.9 Å². The summed E-state index contributed by atoms with van der Waals surface area (Å²) in [7, 11) is -4.27. The molecule has 0 saturated heterocycles. The van der Waals surface area contributed by atoms with Gasteiger partial charge in [-0.15, -0.1) is 0 Å². The summed E-state index contributed by atoms with van der Waals surface area (Å²) < 4.78 is 40.0. The van der Waals surface area contributed by atoms with E-state index in [1.165, 1.54) is 0 Å². The number of hydrogen-bond acceptors (Lipinski definition) is 4. The molecule has 1 atom stereocenters. The number of ether oxygens (including phenoxy) is 1. The predicted octanol–water partition coefficient (Wildman–Crippen LogP) is 4.90. The Morgan fingerprint density at radius 3 is 2.48 bits per heavy atom. The summed E-state index contributed by atoms with van der Waals surface area (Å²) in [5, 5.41) is -1.06. The maximum absolute atomic E-state index is 12.1. The maximum Gasteiger partial charge on any atom is 0.286 e. The molecule has 3 rings (SSSR count). The Kier molecular flexibility index (Phi) is 5.01. The minimum absolute atomic E-state index is 0.259. The van der Waals surface area contributed by atoms with Crippen LogP contribution < -0.4 is 9.64 Å². The van der Waals surface area contributed by atoms with Crippen LogP contribution in [0.25, 0.3) is 0 Å². The van der Waals surface area contributed by atoms with Crippen LogP contribution in [0.15, 0.2) is 42.5 Å². The minimum Gasteiger partial charge on any atom is -0.453 e. The van der Waals surface area contributed by atoms with Crippen molar-refractivity contribution in [2.75, 3.05) is 4.90 Å². The lowest BCUT2D eigenvalue weighted by atomic mass is 10.0. The number of anilines is 2. The van der Waals surface area contributed by atoms with Crippen LogP contribution in [0.1, 0.15) is 38.7 Å². The Labute approximate surface area is 149 Å². The van der Waals surface area contributed by atoms with Gasteiger partial charge in [-0.05, 0) is 43.0 Å². The third-order valence-corrected chi connectivity index (χ3v) is 5.68. The van der Waals surface area contributed by atoms with Crippen molar-refractivity contribution in [2.45, 2.75) is 44.9 Å². The van der Waals surface area contributed by atoms with Crippen LogP contribution >= 0.6 is 0 Å². The highest BCUT2D eigenvalue weighted by Gasteiger charge is 2.36. The van der Waals surface area contributed by atoms with E-state index in [0.29, 0.717) is 17.2 Å². The van der Waals surface area contributed by atoms with Crippen LogP contribution in [0.2, 0.25) is 0 Å². The number of nitrogens with zero attached hydrogens (tertiary/aromatic N) is 1. The summed E-state index contributed by atoms with van der Waals surface area (Å²) in [5.74, 6) is 1.21. The van der Waals surface area contributed by atoms with Gasteiger partial charge >= 0.3 is 0 Å². The molecular weight excluding hydrogens is 338 g/mol. The van der Waals surface area contributed by atoms with Crippen LogP contribution in [0.3, 0.4) is 0 Å². The number of aryl methyl sites for hydroxylation is 1. The summed E-state index contributed by atoms with van der Waals surface area (Å²) in [4.78, 5) is 1.72. The van der Waals surface area contributed by atoms with E-state index in [9.17, 15) is 13.0 Å². The summed E-state index contributed by atoms with van der Waals surface area (Å²) in [6, 6.07) is 13.1. The molecule has 1 N–H and O–H groups in total. The average Bonchev–Trinajstić information content (AvgIpc) is 2.58. The Bertz CT molecular complexity index is 863. The number of hydrogen-bond donors (Lipinski definition) is 1. The molecule has 0 aromatic heterocycles. The number of unbranched alkanes of at least 4 members (excludes halogenated alkanes) is 1. The highest BCUT2D eigenvalue weighted by molar-refractivity contribution is 7.86. The first-order valence-corrected chi connectivity index (χ1v) is 10.1. The summed E-state index contributed by atoms with van der Waals surface area (Å²) in [5.41, 5.74) is 2.42. The highest BCUT2D eigenvalue weighted by Crippen LogP contribution is 2.50. The molecule has 0 amide bonds. The van der Waals surface area contributed by atoms with Crippen LogP contribution in [-0.4, -0.2) is 18.3 Å². The van der Waals surface area contributed by atoms with Gasteiger partial charge in [-0.2, -0.15) is 8.42 Å². The lowest BCUT2D eigenvalue weighted by molar-refractivity contribution is 0.451. The van der Waals surface area contributed by atoms with Gasteiger partial charge < -0.3 is 9.64 Å². The predicted molar refractivity (Wildman–Crippen MR) is 99.3 cm³/mol. The van der Waals surface area contributed by atoms with Crippen LogP contribution in [0, 0.1) is 0 Å². The van der Waals surface area contributed by atoms with Gasteiger partial charge in [0.25, 0.3) is 10.1 Å². The Morgan fingerprint density at radius 2 is 1.80 bits per heavy atom. The molecule has 6 heteroatoms. The number of para-hydroxylation sites is 3. The smallest absolute Gasteiger partial charge is 0.286 e. The normalized spacial score (nSPS) is 14.4. The fourth-order valence-corrected chi connectivity index (χ4v) is 4.21. The van der Waals surface area contributed by atoms with E-state index in [4.69, 9.17) is 4.74 Å². The van der Waals surface area contributed by atoms with Crippen molar-refractivity contribution in [1.82, 2.24) is 0 Å². The first-order chi connectivity index (χ1) is 12.0. The second-order valence-corrected chi connectivity index (χ2v) is 7.76. The molecule has 1 aliphatic heterocycles. The van der Waals surface area contributed by atoms with Crippen LogP contribution in [0.5, 0.6) is 11.5 Å². The van der Waals surface area contributed by atoms with Crippen molar-refractivity contribution in [1.29, 1.82) is 0 Å². The van der Waals surface area contributed by atoms with Gasteiger partial charge in [-0.25, -0.2) is 0 Å². The van der Waals surface area contributed by atoms with Gasteiger partial charge in [0.2, 0.25) is 0 Å². The van der Waals surface area contributed by atoms with Gasteiger partial charge in [-0.3, -0.25) is 4.55 Å². The topological polar surface area (TPSA) is 66.8 Å². The molecule has 0 bridgehead atoms. The molecule has 5 nitrogen and oxygen atoms in total. The van der Waals surface area contributed by atoms with E-state index in [0.717, 1.165) is 30.5 Å². The number of rotatable bonds is 6. The largest absolute Gasteiger partial charge is 0.453 e. The van der Waals surface area contributed by atoms with Crippen molar-refractivity contribution in [3.63, 3.8) is 0 Å². The quantitative estimate of drug-likeness (QED) is 0.742. The van der Waals surface area contributed by atoms with Gasteiger partial charge in [0.1, 0.15) is 0 Å². The minimum atomic E-state index is -4.27. The molecule has 0 spiro atoms. The van der Waals surface area contributed by atoms with Crippen molar-refractivity contribution in [3.8, 4) is 11.5 Å². The second kappa shape index (κ2) is 7.06. The zero-order valence-corrected chi connectivity index (χ0v) is 15.3. The molecule has 1 aliphatic rings. The first kappa shape index (κ1) is 17.8. The molecule has 2 aromatic rings. The van der Waals surface area contributed by atoms with Crippen molar-refractivity contribution in [2.24, 2.45) is 0 Å². The van der Waals surface area contributed by atoms with Crippen molar-refractivity contribution < 1.29 is 17.7 Å². The molecular formula is C19H23NO4S. The fourth-order valence-electron chi connectivity index (χ4n) is 3.30.